The molecule has 1 fully saturated rings. The first kappa shape index (κ1) is 17.3. The summed E-state index contributed by atoms with van der Waals surface area (Å²) < 4.78 is 5.12. The van der Waals surface area contributed by atoms with Gasteiger partial charge in [0.05, 0.1) is 25.4 Å². The number of nitrogens with zero attached hydrogens (tertiary/aromatic N) is 2. The first-order valence-electron chi connectivity index (χ1n) is 8.88. The van der Waals surface area contributed by atoms with Gasteiger partial charge in [0.15, 0.2) is 0 Å². The number of methoxy groups -OCH3 is 1. The van der Waals surface area contributed by atoms with Crippen molar-refractivity contribution in [2.75, 3.05) is 30.4 Å². The van der Waals surface area contributed by atoms with Crippen molar-refractivity contribution in [1.82, 2.24) is 4.98 Å². The smallest absolute Gasteiger partial charge is 0.229 e. The van der Waals surface area contributed by atoms with Crippen molar-refractivity contribution in [1.29, 1.82) is 0 Å². The number of benzene rings is 1. The minimum Gasteiger partial charge on any atom is -0.497 e. The molecule has 0 aliphatic carbocycles. The summed E-state index contributed by atoms with van der Waals surface area (Å²) in [6.45, 7) is 2.18. The van der Waals surface area contributed by atoms with E-state index in [1.54, 1.807) is 7.11 Å². The minimum absolute atomic E-state index is 0.0693. The van der Waals surface area contributed by atoms with Crippen LogP contribution in [0.25, 0.3) is 0 Å². The lowest BCUT2D eigenvalue weighted by atomic mass is 10.1. The van der Waals surface area contributed by atoms with Crippen LogP contribution in [0.2, 0.25) is 0 Å². The largest absolute Gasteiger partial charge is 0.497 e. The third-order valence-corrected chi connectivity index (χ3v) is 4.51. The number of anilines is 2. The summed E-state index contributed by atoms with van der Waals surface area (Å²) in [5, 5.41) is 2.86. The van der Waals surface area contributed by atoms with Crippen LogP contribution in [0, 0.1) is 0 Å². The van der Waals surface area contributed by atoms with Crippen LogP contribution in [0.15, 0.2) is 42.6 Å². The summed E-state index contributed by atoms with van der Waals surface area (Å²) >= 11 is 0. The van der Waals surface area contributed by atoms with Crippen LogP contribution in [0.1, 0.15) is 31.2 Å². The van der Waals surface area contributed by atoms with Gasteiger partial charge in [-0.15, -0.1) is 0 Å². The summed E-state index contributed by atoms with van der Waals surface area (Å²) in [5.74, 6) is 1.31. The van der Waals surface area contributed by atoms with E-state index < -0.39 is 0 Å². The molecule has 0 saturated carbocycles. The van der Waals surface area contributed by atoms with Crippen molar-refractivity contribution in [3.05, 3.63) is 48.2 Å². The minimum atomic E-state index is -0.0693. The van der Waals surface area contributed by atoms with Crippen molar-refractivity contribution in [2.45, 2.75) is 32.1 Å². The number of hydrogen-bond donors (Lipinski definition) is 1. The molecule has 25 heavy (non-hydrogen) atoms. The topological polar surface area (TPSA) is 54.5 Å². The number of amides is 1. The van der Waals surface area contributed by atoms with Crippen LogP contribution in [-0.4, -0.2) is 31.1 Å². The molecular formula is C20H25N3O2. The number of pyridine rings is 1. The lowest BCUT2D eigenvalue weighted by Gasteiger charge is -2.22. The number of rotatable bonds is 5. The van der Waals surface area contributed by atoms with Gasteiger partial charge in [0.1, 0.15) is 11.6 Å². The standard InChI is InChI=1S/C20H25N3O2/c1-25-18-9-6-16(7-10-18)14-20(24)22-19-11-8-17(15-21-19)23-12-4-2-3-5-13-23/h6-11,15H,2-5,12-14H2,1H3,(H,21,22,24). The number of hydrogen-bond acceptors (Lipinski definition) is 4. The van der Waals surface area contributed by atoms with E-state index in [9.17, 15) is 4.79 Å². The maximum absolute atomic E-state index is 12.2. The maximum atomic E-state index is 12.2. The Labute approximate surface area is 149 Å². The van der Waals surface area contributed by atoms with E-state index in [0.717, 1.165) is 30.1 Å². The van der Waals surface area contributed by atoms with Crippen LogP contribution in [0.3, 0.4) is 0 Å². The third-order valence-electron chi connectivity index (χ3n) is 4.51. The lowest BCUT2D eigenvalue weighted by Crippen LogP contribution is -2.24. The molecule has 5 heteroatoms. The number of nitrogens with one attached hydrogen (secondary N) is 1. The molecule has 2 heterocycles. The fourth-order valence-electron chi connectivity index (χ4n) is 3.09. The van der Waals surface area contributed by atoms with E-state index in [1.807, 2.05) is 42.6 Å². The van der Waals surface area contributed by atoms with Crippen molar-refractivity contribution >= 4 is 17.4 Å². The summed E-state index contributed by atoms with van der Waals surface area (Å²) in [6.07, 6.45) is 7.27. The number of carbonyl (C=O) groups is 1. The SMILES string of the molecule is COc1ccc(CC(=O)Nc2ccc(N3CCCCCC3)cn2)cc1. The molecule has 132 valence electrons. The molecular weight excluding hydrogens is 314 g/mol. The summed E-state index contributed by atoms with van der Waals surface area (Å²) in [6, 6.07) is 11.4. The molecule has 1 aromatic heterocycles. The number of ether oxygens (including phenoxy) is 1. The Hall–Kier alpha value is -2.56. The molecule has 1 aliphatic rings. The van der Waals surface area contributed by atoms with E-state index in [-0.39, 0.29) is 5.91 Å². The van der Waals surface area contributed by atoms with Crippen LogP contribution >= 0.6 is 0 Å². The predicted octanol–water partition coefficient (Wildman–Crippen LogP) is 3.65. The zero-order valence-electron chi connectivity index (χ0n) is 14.7. The van der Waals surface area contributed by atoms with Gasteiger partial charge in [-0.2, -0.15) is 0 Å². The zero-order chi connectivity index (χ0) is 17.5. The van der Waals surface area contributed by atoms with Gasteiger partial charge in [-0.05, 0) is 42.7 Å². The van der Waals surface area contributed by atoms with E-state index in [2.05, 4.69) is 15.2 Å². The Balaban J connectivity index is 1.55. The number of aromatic nitrogens is 1. The van der Waals surface area contributed by atoms with Crippen molar-refractivity contribution < 1.29 is 9.53 Å². The summed E-state index contributed by atoms with van der Waals surface area (Å²) in [7, 11) is 1.63. The third kappa shape index (κ3) is 4.95. The van der Waals surface area contributed by atoms with Gasteiger partial charge in [0.2, 0.25) is 5.91 Å². The van der Waals surface area contributed by atoms with Crippen LogP contribution in [0.5, 0.6) is 5.75 Å². The monoisotopic (exact) mass is 339 g/mol. The van der Waals surface area contributed by atoms with E-state index in [1.165, 1.54) is 25.7 Å². The van der Waals surface area contributed by atoms with Gasteiger partial charge in [-0.25, -0.2) is 4.98 Å². The average molecular weight is 339 g/mol. The molecule has 5 nitrogen and oxygen atoms in total. The second-order valence-electron chi connectivity index (χ2n) is 6.38. The second-order valence-corrected chi connectivity index (χ2v) is 6.38. The zero-order valence-corrected chi connectivity index (χ0v) is 14.7. The molecule has 1 N–H and O–H groups in total. The van der Waals surface area contributed by atoms with E-state index in [0.29, 0.717) is 12.2 Å². The van der Waals surface area contributed by atoms with Crippen LogP contribution in [-0.2, 0) is 11.2 Å². The van der Waals surface area contributed by atoms with Crippen molar-refractivity contribution in [3.8, 4) is 5.75 Å². The first-order chi connectivity index (χ1) is 12.2. The fourth-order valence-corrected chi connectivity index (χ4v) is 3.09. The molecule has 1 amide bonds. The quantitative estimate of drug-likeness (QED) is 0.903. The molecule has 0 radical (unpaired) electrons. The predicted molar refractivity (Wildman–Crippen MR) is 100 cm³/mol. The van der Waals surface area contributed by atoms with E-state index in [4.69, 9.17) is 4.74 Å². The van der Waals surface area contributed by atoms with Gasteiger partial charge < -0.3 is 15.0 Å². The lowest BCUT2D eigenvalue weighted by molar-refractivity contribution is -0.115. The van der Waals surface area contributed by atoms with Gasteiger partial charge in [0, 0.05) is 13.1 Å². The molecule has 1 saturated heterocycles. The molecule has 0 bridgehead atoms. The van der Waals surface area contributed by atoms with Gasteiger partial charge >= 0.3 is 0 Å². The molecule has 0 unspecified atom stereocenters. The van der Waals surface area contributed by atoms with Crippen LogP contribution in [0.4, 0.5) is 11.5 Å². The Morgan fingerprint density at radius 1 is 1.08 bits per heavy atom. The number of carbonyl (C=O) groups excluding carboxylic acids is 1. The average Bonchev–Trinajstić information content (AvgIpc) is 2.92. The Morgan fingerprint density at radius 2 is 1.80 bits per heavy atom. The van der Waals surface area contributed by atoms with E-state index >= 15 is 0 Å². The maximum Gasteiger partial charge on any atom is 0.229 e. The Morgan fingerprint density at radius 3 is 2.40 bits per heavy atom. The highest BCUT2D eigenvalue weighted by Crippen LogP contribution is 2.20. The highest BCUT2D eigenvalue weighted by Gasteiger charge is 2.11. The highest BCUT2D eigenvalue weighted by atomic mass is 16.5. The van der Waals surface area contributed by atoms with Gasteiger partial charge in [-0.3, -0.25) is 4.79 Å². The molecule has 1 aliphatic heterocycles. The van der Waals surface area contributed by atoms with Gasteiger partial charge in [-0.1, -0.05) is 25.0 Å². The second kappa shape index (κ2) is 8.51. The Bertz CT molecular complexity index is 675. The van der Waals surface area contributed by atoms with Gasteiger partial charge in [0.25, 0.3) is 0 Å². The molecule has 1 aromatic carbocycles. The van der Waals surface area contributed by atoms with Crippen LogP contribution < -0.4 is 15.0 Å². The van der Waals surface area contributed by atoms with Crippen molar-refractivity contribution in [3.63, 3.8) is 0 Å². The molecule has 0 spiro atoms. The molecule has 0 atom stereocenters. The molecule has 3 rings (SSSR count). The van der Waals surface area contributed by atoms with Crippen molar-refractivity contribution in [2.24, 2.45) is 0 Å². The Kier molecular flexibility index (Phi) is 5.88. The normalized spacial score (nSPS) is 14.7. The summed E-state index contributed by atoms with van der Waals surface area (Å²) in [5.41, 5.74) is 2.08. The molecule has 2 aromatic rings. The fraction of sp³-hybridized carbons (Fsp3) is 0.400. The highest BCUT2D eigenvalue weighted by molar-refractivity contribution is 5.91. The summed E-state index contributed by atoms with van der Waals surface area (Å²) in [4.78, 5) is 19.0. The first-order valence-corrected chi connectivity index (χ1v) is 8.88.